The molecule has 2 aromatic rings. The number of aromatic nitrogens is 2. The van der Waals surface area contributed by atoms with Crippen LogP contribution in [-0.4, -0.2) is 37.6 Å². The maximum Gasteiger partial charge on any atom is 0.299 e. The second kappa shape index (κ2) is 7.78. The average molecular weight is 295 g/mol. The van der Waals surface area contributed by atoms with Crippen LogP contribution in [0.5, 0.6) is 16.7 Å². The topological polar surface area (TPSA) is 65.5 Å². The van der Waals surface area contributed by atoms with Gasteiger partial charge in [-0.05, 0) is 12.1 Å². The first-order chi connectivity index (χ1) is 9.83. The molecule has 0 fully saturated rings. The van der Waals surface area contributed by atoms with Crippen molar-refractivity contribution in [1.82, 2.24) is 15.5 Å². The highest BCUT2D eigenvalue weighted by Crippen LogP contribution is 2.32. The van der Waals surface area contributed by atoms with Gasteiger partial charge in [0.15, 0.2) is 11.5 Å². The SMILES string of the molecule is COCCNCc1nnc(Oc2ccccc2OC)s1. The Labute approximate surface area is 121 Å². The van der Waals surface area contributed by atoms with Crippen LogP contribution in [0.2, 0.25) is 0 Å². The molecule has 0 aliphatic rings. The molecule has 0 aliphatic carbocycles. The second-order valence-corrected chi connectivity index (χ2v) is 4.91. The molecule has 7 heteroatoms. The van der Waals surface area contributed by atoms with Gasteiger partial charge in [-0.3, -0.25) is 0 Å². The molecule has 0 aliphatic heterocycles. The zero-order valence-corrected chi connectivity index (χ0v) is 12.3. The van der Waals surface area contributed by atoms with Crippen LogP contribution in [-0.2, 0) is 11.3 Å². The van der Waals surface area contributed by atoms with Crippen molar-refractivity contribution < 1.29 is 14.2 Å². The molecular weight excluding hydrogens is 278 g/mol. The Hall–Kier alpha value is -1.70. The van der Waals surface area contributed by atoms with Gasteiger partial charge in [0.1, 0.15) is 5.01 Å². The van der Waals surface area contributed by atoms with Crippen molar-refractivity contribution >= 4 is 11.3 Å². The van der Waals surface area contributed by atoms with E-state index in [9.17, 15) is 0 Å². The van der Waals surface area contributed by atoms with Crippen LogP contribution >= 0.6 is 11.3 Å². The molecule has 1 heterocycles. The molecule has 2 rings (SSSR count). The van der Waals surface area contributed by atoms with Crippen molar-refractivity contribution in [3.8, 4) is 16.7 Å². The first-order valence-corrected chi connectivity index (χ1v) is 6.98. The Bertz CT molecular complexity index is 533. The minimum Gasteiger partial charge on any atom is -0.493 e. The number of hydrogen-bond donors (Lipinski definition) is 1. The highest BCUT2D eigenvalue weighted by Gasteiger charge is 2.09. The maximum atomic E-state index is 5.68. The van der Waals surface area contributed by atoms with E-state index in [2.05, 4.69) is 15.5 Å². The number of para-hydroxylation sites is 2. The Morgan fingerprint density at radius 3 is 2.70 bits per heavy atom. The predicted octanol–water partition coefficient (Wildman–Crippen LogP) is 2.07. The summed E-state index contributed by atoms with van der Waals surface area (Å²) in [5.41, 5.74) is 0. The van der Waals surface area contributed by atoms with Crippen LogP contribution in [0.3, 0.4) is 0 Å². The number of ether oxygens (including phenoxy) is 3. The first-order valence-electron chi connectivity index (χ1n) is 6.16. The fourth-order valence-electron chi connectivity index (χ4n) is 1.52. The summed E-state index contributed by atoms with van der Waals surface area (Å²) in [4.78, 5) is 0. The molecule has 108 valence electrons. The lowest BCUT2D eigenvalue weighted by molar-refractivity contribution is 0.199. The monoisotopic (exact) mass is 295 g/mol. The van der Waals surface area contributed by atoms with Crippen LogP contribution in [0.25, 0.3) is 0 Å². The number of benzene rings is 1. The first kappa shape index (κ1) is 14.7. The molecule has 1 aromatic carbocycles. The van der Waals surface area contributed by atoms with Gasteiger partial charge in [-0.15, -0.1) is 5.10 Å². The van der Waals surface area contributed by atoms with Crippen LogP contribution in [0.1, 0.15) is 5.01 Å². The minimum atomic E-state index is 0.498. The van der Waals surface area contributed by atoms with E-state index in [0.29, 0.717) is 29.8 Å². The predicted molar refractivity (Wildman–Crippen MR) is 76.6 cm³/mol. The Morgan fingerprint density at radius 2 is 1.95 bits per heavy atom. The van der Waals surface area contributed by atoms with Crippen LogP contribution in [0.15, 0.2) is 24.3 Å². The molecule has 0 spiro atoms. The third kappa shape index (κ3) is 4.16. The van der Waals surface area contributed by atoms with Gasteiger partial charge >= 0.3 is 0 Å². The van der Waals surface area contributed by atoms with Crippen molar-refractivity contribution in [2.24, 2.45) is 0 Å². The summed E-state index contributed by atoms with van der Waals surface area (Å²) in [6, 6.07) is 7.43. The molecule has 0 bridgehead atoms. The van der Waals surface area contributed by atoms with Gasteiger partial charge in [0, 0.05) is 20.2 Å². The van der Waals surface area contributed by atoms with Crippen molar-refractivity contribution in [2.75, 3.05) is 27.4 Å². The third-order valence-electron chi connectivity index (χ3n) is 2.47. The van der Waals surface area contributed by atoms with E-state index in [1.54, 1.807) is 14.2 Å². The number of methoxy groups -OCH3 is 2. The Morgan fingerprint density at radius 1 is 1.15 bits per heavy atom. The summed E-state index contributed by atoms with van der Waals surface area (Å²) in [6.07, 6.45) is 0. The molecule has 0 atom stereocenters. The van der Waals surface area contributed by atoms with Crippen LogP contribution < -0.4 is 14.8 Å². The van der Waals surface area contributed by atoms with Crippen molar-refractivity contribution in [1.29, 1.82) is 0 Å². The number of hydrogen-bond acceptors (Lipinski definition) is 7. The molecule has 0 unspecified atom stereocenters. The summed E-state index contributed by atoms with van der Waals surface area (Å²) < 4.78 is 15.9. The molecule has 6 nitrogen and oxygen atoms in total. The van der Waals surface area contributed by atoms with Crippen molar-refractivity contribution in [3.63, 3.8) is 0 Å². The lowest BCUT2D eigenvalue weighted by Gasteiger charge is -2.06. The number of rotatable bonds is 8. The second-order valence-electron chi connectivity index (χ2n) is 3.88. The Kier molecular flexibility index (Phi) is 5.72. The fraction of sp³-hybridized carbons (Fsp3) is 0.385. The van der Waals surface area contributed by atoms with E-state index < -0.39 is 0 Å². The van der Waals surface area contributed by atoms with Gasteiger partial charge in [0.25, 0.3) is 5.19 Å². The summed E-state index contributed by atoms with van der Waals surface area (Å²) in [5.74, 6) is 1.30. The molecule has 0 saturated heterocycles. The Balaban J connectivity index is 1.92. The zero-order chi connectivity index (χ0) is 14.2. The average Bonchev–Trinajstić information content (AvgIpc) is 2.92. The van der Waals surface area contributed by atoms with E-state index in [1.165, 1.54) is 11.3 Å². The number of nitrogens with zero attached hydrogens (tertiary/aromatic N) is 2. The molecule has 0 amide bonds. The molecule has 1 N–H and O–H groups in total. The summed E-state index contributed by atoms with van der Waals surface area (Å²) in [6.45, 7) is 2.10. The highest BCUT2D eigenvalue weighted by molar-refractivity contribution is 7.13. The van der Waals surface area contributed by atoms with Gasteiger partial charge in [0.2, 0.25) is 0 Å². The molecular formula is C13H17N3O3S. The largest absolute Gasteiger partial charge is 0.493 e. The van der Waals surface area contributed by atoms with Gasteiger partial charge in [-0.1, -0.05) is 28.6 Å². The quantitative estimate of drug-likeness (QED) is 0.752. The summed E-state index contributed by atoms with van der Waals surface area (Å²) >= 11 is 1.40. The van der Waals surface area contributed by atoms with Crippen molar-refractivity contribution in [3.05, 3.63) is 29.3 Å². The smallest absolute Gasteiger partial charge is 0.299 e. The van der Waals surface area contributed by atoms with E-state index in [-0.39, 0.29) is 0 Å². The summed E-state index contributed by atoms with van der Waals surface area (Å²) in [5, 5.41) is 12.6. The van der Waals surface area contributed by atoms with E-state index >= 15 is 0 Å². The van der Waals surface area contributed by atoms with Crippen molar-refractivity contribution in [2.45, 2.75) is 6.54 Å². The summed E-state index contributed by atoms with van der Waals surface area (Å²) in [7, 11) is 3.28. The highest BCUT2D eigenvalue weighted by atomic mass is 32.1. The zero-order valence-electron chi connectivity index (χ0n) is 11.5. The minimum absolute atomic E-state index is 0.498. The van der Waals surface area contributed by atoms with E-state index in [0.717, 1.165) is 11.6 Å². The van der Waals surface area contributed by atoms with E-state index in [1.807, 2.05) is 24.3 Å². The van der Waals surface area contributed by atoms with Gasteiger partial charge in [0.05, 0.1) is 13.7 Å². The lowest BCUT2D eigenvalue weighted by atomic mass is 10.3. The maximum absolute atomic E-state index is 5.68. The molecule has 0 radical (unpaired) electrons. The molecule has 0 saturated carbocycles. The van der Waals surface area contributed by atoms with Gasteiger partial charge in [-0.25, -0.2) is 0 Å². The van der Waals surface area contributed by atoms with Gasteiger partial charge in [-0.2, -0.15) is 0 Å². The van der Waals surface area contributed by atoms with Crippen LogP contribution in [0, 0.1) is 0 Å². The van der Waals surface area contributed by atoms with E-state index in [4.69, 9.17) is 14.2 Å². The third-order valence-corrected chi connectivity index (χ3v) is 3.28. The molecule has 20 heavy (non-hydrogen) atoms. The molecule has 1 aromatic heterocycles. The standard InChI is InChI=1S/C13H17N3O3S/c1-17-8-7-14-9-12-15-16-13(20-12)19-11-6-4-3-5-10(11)18-2/h3-6,14H,7-9H2,1-2H3. The lowest BCUT2D eigenvalue weighted by Crippen LogP contribution is -2.18. The fourth-order valence-corrected chi connectivity index (χ4v) is 2.19. The van der Waals surface area contributed by atoms with Gasteiger partial charge < -0.3 is 19.5 Å². The van der Waals surface area contributed by atoms with Crippen LogP contribution in [0.4, 0.5) is 0 Å². The normalized spacial score (nSPS) is 10.5. The number of nitrogens with one attached hydrogen (secondary N) is 1.